The van der Waals surface area contributed by atoms with Gasteiger partial charge in [-0.05, 0) is 0 Å². The van der Waals surface area contributed by atoms with Crippen LogP contribution in [0.2, 0.25) is 0 Å². The van der Waals surface area contributed by atoms with Gasteiger partial charge in [-0.15, -0.1) is 0 Å². The lowest BCUT2D eigenvalue weighted by Crippen LogP contribution is -2.33. The molecule has 0 N–H and O–H groups in total. The SMILES string of the molecule is COC(=O)OC(C)(C)OC(C)=O. The molecule has 0 saturated carbocycles. The molecule has 0 saturated heterocycles. The number of hydrogen-bond acceptors (Lipinski definition) is 5. The minimum Gasteiger partial charge on any atom is -0.438 e. The summed E-state index contributed by atoms with van der Waals surface area (Å²) < 4.78 is 13.5. The highest BCUT2D eigenvalue weighted by Gasteiger charge is 2.26. The molecule has 70 valence electrons. The summed E-state index contributed by atoms with van der Waals surface area (Å²) in [5, 5.41) is 0. The van der Waals surface area contributed by atoms with Gasteiger partial charge in [0.05, 0.1) is 7.11 Å². The van der Waals surface area contributed by atoms with E-state index in [9.17, 15) is 9.59 Å². The van der Waals surface area contributed by atoms with E-state index in [1.165, 1.54) is 27.9 Å². The van der Waals surface area contributed by atoms with Gasteiger partial charge in [-0.25, -0.2) is 4.79 Å². The molecular weight excluding hydrogens is 164 g/mol. The number of rotatable bonds is 2. The predicted molar refractivity (Wildman–Crippen MR) is 39.3 cm³/mol. The van der Waals surface area contributed by atoms with Crippen LogP contribution < -0.4 is 0 Å². The summed E-state index contributed by atoms with van der Waals surface area (Å²) in [6.07, 6.45) is -0.888. The van der Waals surface area contributed by atoms with Crippen molar-refractivity contribution < 1.29 is 23.8 Å². The first-order valence-electron chi connectivity index (χ1n) is 3.34. The van der Waals surface area contributed by atoms with Crippen molar-refractivity contribution in [1.29, 1.82) is 0 Å². The Morgan fingerprint density at radius 2 is 1.67 bits per heavy atom. The quantitative estimate of drug-likeness (QED) is 0.465. The summed E-state index contributed by atoms with van der Waals surface area (Å²) in [5.41, 5.74) is 0. The average molecular weight is 176 g/mol. The molecule has 5 nitrogen and oxygen atoms in total. The molecular formula is C7H12O5. The Bertz CT molecular complexity index is 184. The highest BCUT2D eigenvalue weighted by Crippen LogP contribution is 2.11. The molecule has 0 amide bonds. The Balaban J connectivity index is 4.03. The fourth-order valence-electron chi connectivity index (χ4n) is 0.609. The van der Waals surface area contributed by atoms with Crippen LogP contribution in [0.1, 0.15) is 20.8 Å². The summed E-state index contributed by atoms with van der Waals surface area (Å²) in [5.74, 6) is -1.80. The van der Waals surface area contributed by atoms with Crippen molar-refractivity contribution in [2.24, 2.45) is 0 Å². The normalized spacial score (nSPS) is 10.3. The maximum atomic E-state index is 10.6. The standard InChI is InChI=1S/C7H12O5/c1-5(8)11-7(2,3)12-6(9)10-4/h1-4H3. The van der Waals surface area contributed by atoms with E-state index < -0.39 is 17.9 Å². The van der Waals surface area contributed by atoms with Gasteiger partial charge in [0.1, 0.15) is 0 Å². The molecule has 0 unspecified atom stereocenters. The summed E-state index contributed by atoms with van der Waals surface area (Å²) in [7, 11) is 1.17. The van der Waals surface area contributed by atoms with Crippen LogP contribution in [0.15, 0.2) is 0 Å². The largest absolute Gasteiger partial charge is 0.511 e. The molecule has 0 aromatic carbocycles. The lowest BCUT2D eigenvalue weighted by Gasteiger charge is -2.22. The van der Waals surface area contributed by atoms with Gasteiger partial charge in [0.25, 0.3) is 5.79 Å². The fourth-order valence-corrected chi connectivity index (χ4v) is 0.609. The second-order valence-corrected chi connectivity index (χ2v) is 2.55. The van der Waals surface area contributed by atoms with Crippen molar-refractivity contribution in [2.75, 3.05) is 7.11 Å². The molecule has 0 aliphatic heterocycles. The van der Waals surface area contributed by atoms with Crippen molar-refractivity contribution in [1.82, 2.24) is 0 Å². The average Bonchev–Trinajstić information content (AvgIpc) is 1.83. The van der Waals surface area contributed by atoms with Gasteiger partial charge < -0.3 is 14.2 Å². The summed E-state index contributed by atoms with van der Waals surface area (Å²) in [6, 6.07) is 0. The topological polar surface area (TPSA) is 61.8 Å². The minimum absolute atomic E-state index is 0.524. The van der Waals surface area contributed by atoms with Crippen LogP contribution in [0, 0.1) is 0 Å². The summed E-state index contributed by atoms with van der Waals surface area (Å²) in [6.45, 7) is 4.10. The Morgan fingerprint density at radius 3 is 2.00 bits per heavy atom. The first-order chi connectivity index (χ1) is 5.37. The van der Waals surface area contributed by atoms with Gasteiger partial charge in [0, 0.05) is 20.8 Å². The second kappa shape index (κ2) is 3.94. The number of carbonyl (C=O) groups excluding carboxylic acids is 2. The van der Waals surface area contributed by atoms with Crippen molar-refractivity contribution >= 4 is 12.1 Å². The second-order valence-electron chi connectivity index (χ2n) is 2.55. The third-order valence-electron chi connectivity index (χ3n) is 0.885. The summed E-state index contributed by atoms with van der Waals surface area (Å²) in [4.78, 5) is 21.0. The van der Waals surface area contributed by atoms with E-state index in [4.69, 9.17) is 0 Å². The monoisotopic (exact) mass is 176 g/mol. The number of hydrogen-bond donors (Lipinski definition) is 0. The Morgan fingerprint density at radius 1 is 1.17 bits per heavy atom. The van der Waals surface area contributed by atoms with Crippen molar-refractivity contribution in [3.05, 3.63) is 0 Å². The van der Waals surface area contributed by atoms with Crippen LogP contribution in [-0.4, -0.2) is 25.0 Å². The first kappa shape index (κ1) is 10.7. The van der Waals surface area contributed by atoms with Gasteiger partial charge in [0.2, 0.25) is 0 Å². The predicted octanol–water partition coefficient (Wildman–Crippen LogP) is 1.07. The third-order valence-corrected chi connectivity index (χ3v) is 0.885. The van der Waals surface area contributed by atoms with E-state index in [0.29, 0.717) is 0 Å². The first-order valence-corrected chi connectivity index (χ1v) is 3.34. The van der Waals surface area contributed by atoms with Crippen LogP contribution >= 0.6 is 0 Å². The van der Waals surface area contributed by atoms with Crippen molar-refractivity contribution in [3.8, 4) is 0 Å². The zero-order valence-electron chi connectivity index (χ0n) is 7.54. The molecule has 0 atom stereocenters. The Kier molecular flexibility index (Phi) is 3.53. The lowest BCUT2D eigenvalue weighted by atomic mass is 10.4. The molecule has 0 aliphatic rings. The molecule has 0 rings (SSSR count). The molecule has 0 fully saturated rings. The smallest absolute Gasteiger partial charge is 0.438 e. The van der Waals surface area contributed by atoms with E-state index >= 15 is 0 Å². The maximum absolute atomic E-state index is 10.6. The molecule has 0 radical (unpaired) electrons. The van der Waals surface area contributed by atoms with Crippen molar-refractivity contribution in [3.63, 3.8) is 0 Å². The van der Waals surface area contributed by atoms with Gasteiger partial charge >= 0.3 is 12.1 Å². The molecule has 0 heterocycles. The van der Waals surface area contributed by atoms with Crippen LogP contribution in [-0.2, 0) is 19.0 Å². The fraction of sp³-hybridized carbons (Fsp3) is 0.714. The molecule has 0 spiro atoms. The van der Waals surface area contributed by atoms with E-state index in [2.05, 4.69) is 14.2 Å². The molecule has 0 bridgehead atoms. The molecule has 0 aliphatic carbocycles. The van der Waals surface area contributed by atoms with Gasteiger partial charge in [0.15, 0.2) is 0 Å². The van der Waals surface area contributed by atoms with E-state index in [1.54, 1.807) is 0 Å². The highest BCUT2D eigenvalue weighted by molar-refractivity contribution is 5.67. The van der Waals surface area contributed by atoms with Crippen LogP contribution in [0.25, 0.3) is 0 Å². The van der Waals surface area contributed by atoms with E-state index in [1.807, 2.05) is 0 Å². The Labute approximate surface area is 70.6 Å². The van der Waals surface area contributed by atoms with Gasteiger partial charge in [-0.3, -0.25) is 4.79 Å². The number of carbonyl (C=O) groups is 2. The molecule has 12 heavy (non-hydrogen) atoms. The highest BCUT2D eigenvalue weighted by atomic mass is 16.8. The van der Waals surface area contributed by atoms with Crippen LogP contribution in [0.3, 0.4) is 0 Å². The molecule has 0 aromatic rings. The zero-order valence-corrected chi connectivity index (χ0v) is 7.54. The molecule has 5 heteroatoms. The molecule has 0 aromatic heterocycles. The van der Waals surface area contributed by atoms with Crippen LogP contribution in [0.5, 0.6) is 0 Å². The lowest BCUT2D eigenvalue weighted by molar-refractivity contribution is -0.197. The number of methoxy groups -OCH3 is 1. The zero-order chi connectivity index (χ0) is 9.78. The number of ether oxygens (including phenoxy) is 3. The Hall–Kier alpha value is -1.26. The number of esters is 1. The third kappa shape index (κ3) is 4.54. The van der Waals surface area contributed by atoms with Gasteiger partial charge in [-0.1, -0.05) is 0 Å². The van der Waals surface area contributed by atoms with E-state index in [0.717, 1.165) is 0 Å². The summed E-state index contributed by atoms with van der Waals surface area (Å²) >= 11 is 0. The van der Waals surface area contributed by atoms with E-state index in [-0.39, 0.29) is 0 Å². The maximum Gasteiger partial charge on any atom is 0.511 e. The minimum atomic E-state index is -1.28. The van der Waals surface area contributed by atoms with Crippen molar-refractivity contribution in [2.45, 2.75) is 26.6 Å². The van der Waals surface area contributed by atoms with Crippen LogP contribution in [0.4, 0.5) is 4.79 Å². The van der Waals surface area contributed by atoms with Gasteiger partial charge in [-0.2, -0.15) is 0 Å².